The quantitative estimate of drug-likeness (QED) is 0.0354. The number of pyridine rings is 1. The van der Waals surface area contributed by atoms with Gasteiger partial charge in [-0.3, -0.25) is 14.0 Å². The van der Waals surface area contributed by atoms with Gasteiger partial charge < -0.3 is 29.2 Å². The molecule has 70 heavy (non-hydrogen) atoms. The van der Waals surface area contributed by atoms with Crippen LogP contribution in [0.15, 0.2) is 79.1 Å². The number of phosphoric acid groups is 1. The predicted octanol–water partition coefficient (Wildman–Crippen LogP) is 13.4. The van der Waals surface area contributed by atoms with E-state index >= 15 is 0 Å². The number of alkyl halides is 3. The summed E-state index contributed by atoms with van der Waals surface area (Å²) in [6, 6.07) is 24.0. The number of nitriles is 1. The summed E-state index contributed by atoms with van der Waals surface area (Å²) < 4.78 is 97.5. The second kappa shape index (κ2) is 24.8. The van der Waals surface area contributed by atoms with E-state index in [0.29, 0.717) is 24.1 Å². The number of hydrogen-bond acceptors (Lipinski definition) is 13. The van der Waals surface area contributed by atoms with Crippen molar-refractivity contribution in [3.63, 3.8) is 0 Å². The van der Waals surface area contributed by atoms with Crippen molar-refractivity contribution < 1.29 is 50.3 Å². The number of unbranched alkanes of at least 4 members (excludes halogenated alkanes) is 14. The van der Waals surface area contributed by atoms with E-state index in [9.17, 15) is 23.0 Å². The molecule has 0 spiro atoms. The fourth-order valence-corrected chi connectivity index (χ4v) is 10.6. The number of aromatic nitrogens is 4. The van der Waals surface area contributed by atoms with Crippen molar-refractivity contribution in [1.82, 2.24) is 19.6 Å². The number of fused-ring (bicyclic) bond motifs is 3. The van der Waals surface area contributed by atoms with Crippen molar-refractivity contribution in [1.29, 1.82) is 5.26 Å². The average Bonchev–Trinajstić information content (AvgIpc) is 4.00. The van der Waals surface area contributed by atoms with Gasteiger partial charge in [0.05, 0.1) is 41.2 Å². The molecule has 2 fully saturated rings. The molecule has 19 heteroatoms. The largest absolute Gasteiger partial charge is 0.530 e. The van der Waals surface area contributed by atoms with E-state index in [2.05, 4.69) is 16.2 Å². The second-order valence-electron chi connectivity index (χ2n) is 18.7. The molecule has 7 rings (SSSR count). The van der Waals surface area contributed by atoms with Crippen molar-refractivity contribution in [3.8, 4) is 11.8 Å². The number of phosphoric ester groups is 1. The van der Waals surface area contributed by atoms with Crippen LogP contribution in [0.1, 0.15) is 140 Å². The lowest BCUT2D eigenvalue weighted by atomic mass is 9.96. The molecule has 2 saturated heterocycles. The van der Waals surface area contributed by atoms with Crippen molar-refractivity contribution >= 4 is 41.7 Å². The monoisotopic (exact) mass is 1010 g/mol. The molecule has 380 valence electrons. The van der Waals surface area contributed by atoms with Crippen LogP contribution in [0.25, 0.3) is 16.4 Å². The van der Waals surface area contributed by atoms with Crippen LogP contribution in [0.4, 0.5) is 19.0 Å². The van der Waals surface area contributed by atoms with E-state index in [4.69, 9.17) is 54.8 Å². The van der Waals surface area contributed by atoms with Crippen LogP contribution in [0.2, 0.25) is 5.02 Å². The zero-order valence-electron chi connectivity index (χ0n) is 40.0. The summed E-state index contributed by atoms with van der Waals surface area (Å²) in [6.07, 6.45) is 8.69. The number of nitrogen functional groups attached to an aromatic ring is 1. The molecule has 3 aromatic heterocycles. The Morgan fingerprint density at radius 3 is 2.19 bits per heavy atom. The maximum absolute atomic E-state index is 15.0. The smallest absolute Gasteiger partial charge is 0.402 e. The van der Waals surface area contributed by atoms with Crippen molar-refractivity contribution in [2.45, 2.75) is 172 Å². The number of benzene rings is 2. The van der Waals surface area contributed by atoms with Crippen molar-refractivity contribution in [2.24, 2.45) is 0 Å². The number of anilines is 1. The van der Waals surface area contributed by atoms with E-state index in [1.807, 2.05) is 36.4 Å². The minimum atomic E-state index is -4.62. The Labute approximate surface area is 413 Å². The summed E-state index contributed by atoms with van der Waals surface area (Å²) in [5, 5.41) is 16.4. The number of hydrogen-bond donors (Lipinski definition) is 1. The van der Waals surface area contributed by atoms with Crippen LogP contribution in [-0.4, -0.2) is 68.7 Å². The molecule has 0 saturated carbocycles. The first kappa shape index (κ1) is 53.4. The van der Waals surface area contributed by atoms with Crippen LogP contribution in [0.3, 0.4) is 0 Å². The summed E-state index contributed by atoms with van der Waals surface area (Å²) in [5.41, 5.74) is 6.91. The van der Waals surface area contributed by atoms with Gasteiger partial charge in [-0.1, -0.05) is 138 Å². The standard InChI is InChI=1S/C51H65ClF3N6O8P/c1-49(2)66-46-45(42-29-30-43-48(57)58-36-59-61(42)43)67-50(34-56,47(46)68-49)35-65-70(62,69-44-26-20-18-24-40(44)52)64-33-39(63-32-38-28-27-37-22-17-19-25-41(37)60-38)23-16-14-12-10-8-6-4-3-5-7-9-11-13-15-21-31-51(53,54)55/h17-20,22,24-30,36,39,45-47H,3-16,21,23,31-33,35H2,1-2H3,(H2,57,58,59)/t39-,45-,46-,47-,50+,70?/m0/s1. The minimum absolute atomic E-state index is 0.0503. The highest BCUT2D eigenvalue weighted by atomic mass is 35.5. The Kier molecular flexibility index (Phi) is 19.0. The number of rotatable bonds is 29. The zero-order chi connectivity index (χ0) is 49.6. The maximum atomic E-state index is 15.0. The summed E-state index contributed by atoms with van der Waals surface area (Å²) in [6.45, 7) is 2.85. The molecule has 0 radical (unpaired) electrons. The van der Waals surface area contributed by atoms with E-state index < -0.39 is 62.8 Å². The Hall–Kier alpha value is -4.37. The molecule has 1 unspecified atom stereocenters. The Morgan fingerprint density at radius 2 is 1.50 bits per heavy atom. The van der Waals surface area contributed by atoms with Crippen LogP contribution < -0.4 is 10.3 Å². The molecular formula is C51H65ClF3N6O8P. The van der Waals surface area contributed by atoms with E-state index in [-0.39, 0.29) is 36.2 Å². The number of nitrogens with zero attached hydrogens (tertiary/aromatic N) is 5. The Balaban J connectivity index is 0.964. The molecule has 2 aliphatic rings. The highest BCUT2D eigenvalue weighted by molar-refractivity contribution is 7.49. The van der Waals surface area contributed by atoms with Gasteiger partial charge in [0, 0.05) is 11.8 Å². The number of ether oxygens (including phenoxy) is 4. The van der Waals surface area contributed by atoms with Gasteiger partial charge in [0.25, 0.3) is 0 Å². The third kappa shape index (κ3) is 14.9. The van der Waals surface area contributed by atoms with Crippen molar-refractivity contribution in [3.05, 3.63) is 95.5 Å². The van der Waals surface area contributed by atoms with Gasteiger partial charge in [-0.25, -0.2) is 14.1 Å². The Morgan fingerprint density at radius 1 is 0.843 bits per heavy atom. The molecular weight excluding hydrogens is 948 g/mol. The van der Waals surface area contributed by atoms with E-state index in [1.165, 1.54) is 25.6 Å². The van der Waals surface area contributed by atoms with Crippen LogP contribution in [-0.2, 0) is 39.2 Å². The third-order valence-corrected chi connectivity index (χ3v) is 14.4. The lowest BCUT2D eigenvalue weighted by Crippen LogP contribution is -2.46. The van der Waals surface area contributed by atoms with Gasteiger partial charge in [-0.15, -0.1) is 0 Å². The normalized spacial score (nSPS) is 21.2. The molecule has 0 aliphatic carbocycles. The van der Waals surface area contributed by atoms with Gasteiger partial charge in [0.1, 0.15) is 48.6 Å². The highest BCUT2D eigenvalue weighted by Gasteiger charge is 2.65. The molecule has 6 atom stereocenters. The van der Waals surface area contributed by atoms with Gasteiger partial charge in [-0.2, -0.15) is 23.5 Å². The molecule has 5 aromatic rings. The predicted molar refractivity (Wildman–Crippen MR) is 260 cm³/mol. The number of para-hydroxylation sites is 2. The van der Waals surface area contributed by atoms with Crippen LogP contribution in [0, 0.1) is 11.3 Å². The summed E-state index contributed by atoms with van der Waals surface area (Å²) in [7, 11) is -4.62. The van der Waals surface area contributed by atoms with Gasteiger partial charge in [-0.05, 0) is 63.1 Å². The van der Waals surface area contributed by atoms with Gasteiger partial charge >= 0.3 is 14.0 Å². The number of nitrogens with two attached hydrogens (primary N) is 1. The maximum Gasteiger partial charge on any atom is 0.530 e. The molecule has 2 aliphatic heterocycles. The molecule has 2 aromatic carbocycles. The minimum Gasteiger partial charge on any atom is -0.402 e. The lowest BCUT2D eigenvalue weighted by Gasteiger charge is -2.30. The van der Waals surface area contributed by atoms with E-state index in [1.54, 1.807) is 54.8 Å². The van der Waals surface area contributed by atoms with Crippen LogP contribution in [0.5, 0.6) is 5.75 Å². The van der Waals surface area contributed by atoms with Gasteiger partial charge in [0.15, 0.2) is 11.6 Å². The third-order valence-electron chi connectivity index (χ3n) is 12.7. The molecule has 14 nitrogen and oxygen atoms in total. The summed E-state index contributed by atoms with van der Waals surface area (Å²) >= 11 is 6.52. The fourth-order valence-electron chi connectivity index (χ4n) is 9.07. The topological polar surface area (TPSA) is 175 Å². The first-order chi connectivity index (χ1) is 33.7. The molecule has 5 heterocycles. The van der Waals surface area contributed by atoms with Gasteiger partial charge in [0.2, 0.25) is 5.60 Å². The number of halogens is 4. The molecule has 2 N–H and O–H groups in total. The Bertz CT molecular complexity index is 2550. The average molecular weight is 1010 g/mol. The first-order valence-corrected chi connectivity index (χ1v) is 26.4. The lowest BCUT2D eigenvalue weighted by molar-refractivity contribution is -0.204. The fraction of sp³-hybridized carbons (Fsp3) is 0.569. The molecule has 0 bridgehead atoms. The first-order valence-electron chi connectivity index (χ1n) is 24.6. The van der Waals surface area contributed by atoms with E-state index in [0.717, 1.165) is 80.8 Å². The van der Waals surface area contributed by atoms with Crippen LogP contribution >= 0.6 is 19.4 Å². The molecule has 0 amide bonds. The second-order valence-corrected chi connectivity index (χ2v) is 20.7. The summed E-state index contributed by atoms with van der Waals surface area (Å²) in [5.74, 6) is -0.809. The zero-order valence-corrected chi connectivity index (χ0v) is 41.6. The highest BCUT2D eigenvalue weighted by Crippen LogP contribution is 2.55. The summed E-state index contributed by atoms with van der Waals surface area (Å²) in [4.78, 5) is 8.86. The SMILES string of the molecule is CC1(C)O[C@H]2[C@H](c3ccc4c(N)ncnn34)O[C@](C#N)(COP(=O)(OC[C@H](CCCCCCCCCCCCCCCCCC(F)(F)F)OCc3ccc4ccccc4n3)Oc3ccccc3Cl)[C@H]2O1. The van der Waals surface area contributed by atoms with Crippen molar-refractivity contribution in [2.75, 3.05) is 18.9 Å².